The van der Waals surface area contributed by atoms with E-state index in [0.717, 1.165) is 60.7 Å². The average molecular weight is 518 g/mol. The van der Waals surface area contributed by atoms with Crippen molar-refractivity contribution in [1.82, 2.24) is 30.1 Å². The highest BCUT2D eigenvalue weighted by atomic mass is 19.3. The molecule has 0 spiro atoms. The summed E-state index contributed by atoms with van der Waals surface area (Å²) in [6.07, 6.45) is 3.22. The summed E-state index contributed by atoms with van der Waals surface area (Å²) in [7, 11) is 2.08. The maximum absolute atomic E-state index is 16.3. The predicted molar refractivity (Wildman–Crippen MR) is 125 cm³/mol. The maximum Gasteiger partial charge on any atom is 0.287 e. The molecule has 0 amide bonds. The molecule has 1 aromatic carbocycles. The quantitative estimate of drug-likeness (QED) is 0.483. The Morgan fingerprint density at radius 1 is 1.03 bits per heavy atom. The lowest BCUT2D eigenvalue weighted by Gasteiger charge is -2.74. The Labute approximate surface area is 210 Å². The van der Waals surface area contributed by atoms with Crippen LogP contribution in [0, 0.1) is 17.0 Å². The van der Waals surface area contributed by atoms with E-state index >= 15 is 8.78 Å². The van der Waals surface area contributed by atoms with E-state index < -0.39 is 46.1 Å². The summed E-state index contributed by atoms with van der Waals surface area (Å²) in [5.41, 5.74) is -4.77. The number of alkyl halides is 2. The number of likely N-dealkylation sites (N-methyl/N-ethyl adjacent to an activating group) is 1. The first-order valence-corrected chi connectivity index (χ1v) is 12.2. The van der Waals surface area contributed by atoms with Crippen molar-refractivity contribution in [2.75, 3.05) is 38.1 Å². The second kappa shape index (κ2) is 8.19. The van der Waals surface area contributed by atoms with Crippen molar-refractivity contribution in [1.29, 1.82) is 0 Å². The molecule has 1 saturated heterocycles. The molecular formula is C25H27F4N7O. The first-order chi connectivity index (χ1) is 17.6. The van der Waals surface area contributed by atoms with Crippen LogP contribution < -0.4 is 4.90 Å². The first-order valence-electron chi connectivity index (χ1n) is 12.2. The minimum atomic E-state index is -3.75. The molecule has 4 aliphatic rings. The zero-order valence-corrected chi connectivity index (χ0v) is 20.3. The molecule has 1 atom stereocenters. The van der Waals surface area contributed by atoms with E-state index in [9.17, 15) is 13.9 Å². The van der Waals surface area contributed by atoms with Crippen molar-refractivity contribution in [2.45, 2.75) is 42.7 Å². The number of aliphatic hydroxyl groups is 1. The van der Waals surface area contributed by atoms with Gasteiger partial charge in [0, 0.05) is 49.4 Å². The van der Waals surface area contributed by atoms with Crippen LogP contribution in [0.2, 0.25) is 0 Å². The third-order valence-electron chi connectivity index (χ3n) is 8.56. The molecule has 37 heavy (non-hydrogen) atoms. The summed E-state index contributed by atoms with van der Waals surface area (Å²) < 4.78 is 61.9. The first kappa shape index (κ1) is 24.2. The number of piperazine rings is 1. The van der Waals surface area contributed by atoms with E-state index in [1.807, 2.05) is 12.1 Å². The van der Waals surface area contributed by atoms with Gasteiger partial charge in [-0.25, -0.2) is 27.2 Å². The molecule has 0 radical (unpaired) electrons. The lowest BCUT2D eigenvalue weighted by Crippen LogP contribution is -2.76. The lowest BCUT2D eigenvalue weighted by atomic mass is 9.30. The zero-order chi connectivity index (χ0) is 26.1. The van der Waals surface area contributed by atoms with Gasteiger partial charge in [-0.2, -0.15) is 0 Å². The summed E-state index contributed by atoms with van der Waals surface area (Å²) >= 11 is 0. The molecule has 4 fully saturated rings. The number of rotatable bonds is 7. The number of nitrogens with zero attached hydrogens (tertiary/aromatic N) is 7. The van der Waals surface area contributed by atoms with Crippen molar-refractivity contribution < 1.29 is 22.7 Å². The van der Waals surface area contributed by atoms with Gasteiger partial charge in [0.2, 0.25) is 0 Å². The summed E-state index contributed by atoms with van der Waals surface area (Å²) in [4.78, 5) is 9.07. The summed E-state index contributed by atoms with van der Waals surface area (Å²) in [5, 5.41) is 21.9. The Morgan fingerprint density at radius 3 is 2.35 bits per heavy atom. The molecule has 2 bridgehead atoms. The van der Waals surface area contributed by atoms with Crippen LogP contribution >= 0.6 is 0 Å². The maximum atomic E-state index is 16.3. The summed E-state index contributed by atoms with van der Waals surface area (Å²) in [6, 6.07) is 6.11. The Balaban J connectivity index is 1.25. The number of benzene rings is 1. The molecule has 3 saturated carbocycles. The van der Waals surface area contributed by atoms with Gasteiger partial charge in [0.05, 0.1) is 6.54 Å². The second-order valence-corrected chi connectivity index (χ2v) is 10.9. The highest BCUT2D eigenvalue weighted by Gasteiger charge is 2.82. The number of tetrazole rings is 1. The van der Waals surface area contributed by atoms with E-state index in [1.165, 1.54) is 0 Å². The number of hydrogen-bond donors (Lipinski definition) is 1. The molecule has 12 heteroatoms. The molecule has 196 valence electrons. The molecule has 3 heterocycles. The Bertz CT molecular complexity index is 1280. The van der Waals surface area contributed by atoms with Gasteiger partial charge >= 0.3 is 0 Å². The van der Waals surface area contributed by atoms with Crippen LogP contribution in [-0.4, -0.2) is 74.3 Å². The van der Waals surface area contributed by atoms with Gasteiger partial charge in [-0.3, -0.25) is 0 Å². The largest absolute Gasteiger partial charge is 0.377 e. The van der Waals surface area contributed by atoms with E-state index in [2.05, 4.69) is 37.4 Å². The van der Waals surface area contributed by atoms with Crippen LogP contribution in [0.3, 0.4) is 0 Å². The zero-order valence-electron chi connectivity index (χ0n) is 20.3. The van der Waals surface area contributed by atoms with Crippen LogP contribution in [-0.2, 0) is 17.6 Å². The number of halogens is 4. The monoisotopic (exact) mass is 517 g/mol. The van der Waals surface area contributed by atoms with Crippen molar-refractivity contribution in [3.8, 4) is 0 Å². The van der Waals surface area contributed by atoms with E-state index in [1.54, 1.807) is 6.20 Å². The highest BCUT2D eigenvalue weighted by molar-refractivity contribution is 5.46. The third kappa shape index (κ3) is 3.56. The molecule has 3 aliphatic carbocycles. The minimum Gasteiger partial charge on any atom is -0.377 e. The van der Waals surface area contributed by atoms with Crippen LogP contribution in [0.15, 0.2) is 42.9 Å². The Morgan fingerprint density at radius 2 is 1.76 bits per heavy atom. The van der Waals surface area contributed by atoms with Crippen molar-refractivity contribution in [3.63, 3.8) is 0 Å². The minimum absolute atomic E-state index is 0.128. The predicted octanol–water partition coefficient (Wildman–Crippen LogP) is 2.74. The van der Waals surface area contributed by atoms with Gasteiger partial charge in [0.15, 0.2) is 5.60 Å². The van der Waals surface area contributed by atoms with Crippen LogP contribution in [0.4, 0.5) is 23.4 Å². The van der Waals surface area contributed by atoms with Gasteiger partial charge in [-0.05, 0) is 65.9 Å². The van der Waals surface area contributed by atoms with Gasteiger partial charge in [0.1, 0.15) is 23.8 Å². The molecule has 7 rings (SSSR count). The van der Waals surface area contributed by atoms with Crippen LogP contribution in [0.1, 0.15) is 30.4 Å². The fraction of sp³-hybridized carbons (Fsp3) is 0.520. The van der Waals surface area contributed by atoms with Gasteiger partial charge in [0.25, 0.3) is 5.92 Å². The van der Waals surface area contributed by atoms with Crippen molar-refractivity contribution in [3.05, 3.63) is 65.6 Å². The van der Waals surface area contributed by atoms with E-state index in [4.69, 9.17) is 0 Å². The normalized spacial score (nSPS) is 27.4. The van der Waals surface area contributed by atoms with E-state index in [-0.39, 0.29) is 19.3 Å². The van der Waals surface area contributed by atoms with Crippen molar-refractivity contribution >= 4 is 5.82 Å². The van der Waals surface area contributed by atoms with Crippen LogP contribution in [0.25, 0.3) is 0 Å². The summed E-state index contributed by atoms with van der Waals surface area (Å²) in [5.74, 6) is -5.06. The third-order valence-corrected chi connectivity index (χ3v) is 8.56. The molecule has 8 nitrogen and oxygen atoms in total. The molecule has 2 aromatic heterocycles. The van der Waals surface area contributed by atoms with E-state index in [0.29, 0.717) is 6.07 Å². The number of aromatic nitrogens is 5. The number of anilines is 1. The SMILES string of the molecule is CN1CCN(c2ccc(C34CC(C(F)(F)[C@](O)(Cn5cnnn5)c5ccc(F)cc5F)(C3)C4)cn2)CC1. The fourth-order valence-corrected chi connectivity index (χ4v) is 6.45. The molecule has 1 aliphatic heterocycles. The van der Waals surface area contributed by atoms with Gasteiger partial charge in [-0.1, -0.05) is 6.07 Å². The molecule has 1 N–H and O–H groups in total. The second-order valence-electron chi connectivity index (χ2n) is 10.9. The average Bonchev–Trinajstić information content (AvgIpc) is 3.31. The van der Waals surface area contributed by atoms with Gasteiger partial charge in [-0.15, -0.1) is 5.10 Å². The van der Waals surface area contributed by atoms with Crippen LogP contribution in [0.5, 0.6) is 0 Å². The number of pyridine rings is 1. The molecular weight excluding hydrogens is 490 g/mol. The smallest absolute Gasteiger partial charge is 0.287 e. The standard InChI is InChI=1S/C25H27F4N7O/c1-34-6-8-35(9-7-34)21-5-2-17(11-30-21)22-12-23(13-22,14-22)25(28,29)24(37,15-36-16-31-32-33-36)19-4-3-18(26)10-20(19)27/h2-5,10-11,16,37H,6-9,12-15H2,1H3/t22?,23?,24-/m0/s1. The molecule has 0 unspecified atom stereocenters. The van der Waals surface area contributed by atoms with Crippen molar-refractivity contribution in [2.24, 2.45) is 5.41 Å². The fourth-order valence-electron chi connectivity index (χ4n) is 6.45. The highest BCUT2D eigenvalue weighted by Crippen LogP contribution is 2.80. The van der Waals surface area contributed by atoms with Gasteiger partial charge < -0.3 is 14.9 Å². The Kier molecular flexibility index (Phi) is 5.36. The Hall–Kier alpha value is -3.12. The topological polar surface area (TPSA) is 83.2 Å². The lowest BCUT2D eigenvalue weighted by molar-refractivity contribution is -0.347. The summed E-state index contributed by atoms with van der Waals surface area (Å²) in [6.45, 7) is 2.87. The number of hydrogen-bond acceptors (Lipinski definition) is 7. The molecule has 3 aromatic rings.